The topological polar surface area (TPSA) is 99.3 Å². The van der Waals surface area contributed by atoms with E-state index in [0.29, 0.717) is 0 Å². The number of amides is 1. The van der Waals surface area contributed by atoms with Crippen molar-refractivity contribution >= 4 is 33.4 Å². The quantitative estimate of drug-likeness (QED) is 0.366. The summed E-state index contributed by atoms with van der Waals surface area (Å²) in [7, 11) is 0. The van der Waals surface area contributed by atoms with Gasteiger partial charge < -0.3 is 10.3 Å². The minimum atomic E-state index is 0.0994. The Labute approximate surface area is 184 Å². The Bertz CT molecular complexity index is 1410. The Morgan fingerprint density at radius 2 is 1.84 bits per heavy atom. The number of hydrogen-bond acceptors (Lipinski definition) is 4. The van der Waals surface area contributed by atoms with Gasteiger partial charge in [0.25, 0.3) is 0 Å². The number of nitrogens with zero attached hydrogens (tertiary/aromatic N) is 3. The van der Waals surface area contributed by atoms with E-state index in [4.69, 9.17) is 0 Å². The van der Waals surface area contributed by atoms with Crippen molar-refractivity contribution in [2.24, 2.45) is 5.92 Å². The van der Waals surface area contributed by atoms with E-state index in [1.165, 1.54) is 0 Å². The molecule has 1 aliphatic rings. The van der Waals surface area contributed by atoms with Crippen molar-refractivity contribution in [1.82, 2.24) is 25.1 Å². The predicted molar refractivity (Wildman–Crippen MR) is 125 cm³/mol. The molecule has 158 valence electrons. The van der Waals surface area contributed by atoms with Crippen LogP contribution in [0.15, 0.2) is 61.2 Å². The second-order valence-electron chi connectivity index (χ2n) is 8.41. The molecule has 4 heterocycles. The number of nitrogens with one attached hydrogen (secondary N) is 3. The zero-order valence-electron chi connectivity index (χ0n) is 17.4. The number of carbonyl (C=O) groups is 1. The lowest BCUT2D eigenvalue weighted by Crippen LogP contribution is -2.20. The van der Waals surface area contributed by atoms with Gasteiger partial charge in [0.05, 0.1) is 23.1 Å². The number of fused-ring (bicyclic) bond motifs is 2. The minimum Gasteiger partial charge on any atom is -0.353 e. The summed E-state index contributed by atoms with van der Waals surface area (Å²) >= 11 is 0. The van der Waals surface area contributed by atoms with Crippen LogP contribution in [0, 0.1) is 5.92 Å². The number of rotatable bonds is 4. The van der Waals surface area contributed by atoms with E-state index < -0.39 is 0 Å². The molecule has 7 nitrogen and oxygen atoms in total. The highest BCUT2D eigenvalue weighted by molar-refractivity contribution is 5.98. The molecule has 5 aromatic rings. The van der Waals surface area contributed by atoms with Crippen LogP contribution in [0.4, 0.5) is 5.69 Å². The molecular formula is C25H22N6O. The average molecular weight is 422 g/mol. The number of anilines is 1. The van der Waals surface area contributed by atoms with Crippen molar-refractivity contribution < 1.29 is 4.79 Å². The van der Waals surface area contributed by atoms with Crippen LogP contribution in [0.2, 0.25) is 0 Å². The van der Waals surface area contributed by atoms with E-state index in [0.717, 1.165) is 75.7 Å². The van der Waals surface area contributed by atoms with Crippen molar-refractivity contribution in [3.63, 3.8) is 0 Å². The van der Waals surface area contributed by atoms with Crippen LogP contribution in [0.5, 0.6) is 0 Å². The molecule has 1 amide bonds. The Kier molecular flexibility index (Phi) is 4.45. The van der Waals surface area contributed by atoms with Gasteiger partial charge in [0.1, 0.15) is 5.69 Å². The molecule has 7 heteroatoms. The van der Waals surface area contributed by atoms with Gasteiger partial charge in [-0.05, 0) is 48.7 Å². The van der Waals surface area contributed by atoms with Crippen LogP contribution in [-0.2, 0) is 4.79 Å². The van der Waals surface area contributed by atoms with Crippen molar-refractivity contribution in [2.45, 2.75) is 25.7 Å². The van der Waals surface area contributed by atoms with Gasteiger partial charge in [-0.2, -0.15) is 5.10 Å². The maximum absolute atomic E-state index is 12.5. The number of carbonyl (C=O) groups excluding carboxylic acids is 1. The molecule has 32 heavy (non-hydrogen) atoms. The monoisotopic (exact) mass is 422 g/mol. The number of aromatic nitrogens is 5. The highest BCUT2D eigenvalue weighted by atomic mass is 16.1. The van der Waals surface area contributed by atoms with Crippen molar-refractivity contribution in [2.75, 3.05) is 5.32 Å². The molecule has 0 spiro atoms. The van der Waals surface area contributed by atoms with E-state index in [1.807, 2.05) is 36.7 Å². The van der Waals surface area contributed by atoms with Crippen LogP contribution in [-0.4, -0.2) is 31.1 Å². The van der Waals surface area contributed by atoms with Crippen LogP contribution in [0.1, 0.15) is 25.7 Å². The number of pyridine rings is 2. The van der Waals surface area contributed by atoms with Crippen LogP contribution >= 0.6 is 0 Å². The number of aromatic amines is 2. The van der Waals surface area contributed by atoms with E-state index in [1.54, 1.807) is 12.4 Å². The predicted octanol–water partition coefficient (Wildman–Crippen LogP) is 5.30. The first-order chi connectivity index (χ1) is 15.7. The molecule has 0 radical (unpaired) electrons. The molecule has 0 atom stereocenters. The molecule has 0 aliphatic heterocycles. The Balaban J connectivity index is 1.35. The lowest BCUT2D eigenvalue weighted by atomic mass is 10.0. The minimum absolute atomic E-state index is 0.0994. The molecule has 4 aromatic heterocycles. The average Bonchev–Trinajstić information content (AvgIpc) is 3.58. The molecule has 1 aliphatic carbocycles. The molecule has 0 saturated heterocycles. The smallest absolute Gasteiger partial charge is 0.227 e. The third kappa shape index (κ3) is 3.32. The summed E-state index contributed by atoms with van der Waals surface area (Å²) in [4.78, 5) is 24.5. The van der Waals surface area contributed by atoms with Crippen molar-refractivity contribution in [3.05, 3.63) is 61.2 Å². The number of benzene rings is 1. The van der Waals surface area contributed by atoms with E-state index in [2.05, 4.69) is 42.6 Å². The second-order valence-corrected chi connectivity index (χ2v) is 8.41. The van der Waals surface area contributed by atoms with Gasteiger partial charge in [-0.15, -0.1) is 0 Å². The van der Waals surface area contributed by atoms with Gasteiger partial charge in [0.2, 0.25) is 5.91 Å². The van der Waals surface area contributed by atoms with Crippen molar-refractivity contribution in [3.8, 4) is 22.5 Å². The molecule has 3 N–H and O–H groups in total. The van der Waals surface area contributed by atoms with Gasteiger partial charge in [-0.3, -0.25) is 19.9 Å². The van der Waals surface area contributed by atoms with E-state index in [9.17, 15) is 4.79 Å². The number of H-pyrrole nitrogens is 2. The number of hydrogen-bond donors (Lipinski definition) is 3. The van der Waals surface area contributed by atoms with Crippen LogP contribution in [0.25, 0.3) is 44.3 Å². The first-order valence-corrected chi connectivity index (χ1v) is 10.9. The highest BCUT2D eigenvalue weighted by Gasteiger charge is 2.22. The first kappa shape index (κ1) is 18.7. The third-order valence-corrected chi connectivity index (χ3v) is 6.30. The van der Waals surface area contributed by atoms with Crippen LogP contribution in [0.3, 0.4) is 0 Å². The second kappa shape index (κ2) is 7.60. The molecule has 1 aromatic carbocycles. The van der Waals surface area contributed by atoms with Gasteiger partial charge >= 0.3 is 0 Å². The Hall–Kier alpha value is -4.00. The van der Waals surface area contributed by atoms with Gasteiger partial charge in [0, 0.05) is 46.4 Å². The SMILES string of the molecule is O=C(Nc1cncc(-c2ccc3[nH]nc(-c4cc5cnccc5[nH]4)c3c2)c1)C1CCCC1. The summed E-state index contributed by atoms with van der Waals surface area (Å²) in [6, 6.07) is 12.2. The molecule has 0 bridgehead atoms. The highest BCUT2D eigenvalue weighted by Crippen LogP contribution is 2.32. The fourth-order valence-corrected chi connectivity index (χ4v) is 4.60. The summed E-state index contributed by atoms with van der Waals surface area (Å²) in [5.41, 5.74) is 6.47. The molecule has 0 unspecified atom stereocenters. The van der Waals surface area contributed by atoms with Gasteiger partial charge in [-0.1, -0.05) is 18.9 Å². The van der Waals surface area contributed by atoms with Gasteiger partial charge in [-0.25, -0.2) is 0 Å². The first-order valence-electron chi connectivity index (χ1n) is 10.9. The molecule has 1 fully saturated rings. The Morgan fingerprint density at radius 3 is 2.72 bits per heavy atom. The largest absolute Gasteiger partial charge is 0.353 e. The lowest BCUT2D eigenvalue weighted by Gasteiger charge is -2.11. The van der Waals surface area contributed by atoms with E-state index in [-0.39, 0.29) is 11.8 Å². The van der Waals surface area contributed by atoms with Gasteiger partial charge in [0.15, 0.2) is 0 Å². The zero-order valence-corrected chi connectivity index (χ0v) is 17.4. The summed E-state index contributed by atoms with van der Waals surface area (Å²) in [6.07, 6.45) is 11.4. The fraction of sp³-hybridized carbons (Fsp3) is 0.200. The standard InChI is InChI=1S/C25H22N6O/c32-25(15-3-1-2-4-15)28-19-9-17(12-27-14-19)16-5-6-22-20(10-16)24(31-30-22)23-11-18-13-26-8-7-21(18)29-23/h5-15,29H,1-4H2,(H,28,32)(H,30,31). The Morgan fingerprint density at radius 1 is 0.938 bits per heavy atom. The molecule has 6 rings (SSSR count). The summed E-state index contributed by atoms with van der Waals surface area (Å²) in [5.74, 6) is 0.220. The fourth-order valence-electron chi connectivity index (χ4n) is 4.60. The molecular weight excluding hydrogens is 400 g/mol. The third-order valence-electron chi connectivity index (χ3n) is 6.30. The summed E-state index contributed by atoms with van der Waals surface area (Å²) in [6.45, 7) is 0. The summed E-state index contributed by atoms with van der Waals surface area (Å²) < 4.78 is 0. The summed E-state index contributed by atoms with van der Waals surface area (Å²) in [5, 5.41) is 12.8. The van der Waals surface area contributed by atoms with Crippen LogP contribution < -0.4 is 5.32 Å². The van der Waals surface area contributed by atoms with Crippen molar-refractivity contribution in [1.29, 1.82) is 0 Å². The molecule has 1 saturated carbocycles. The maximum Gasteiger partial charge on any atom is 0.227 e. The lowest BCUT2D eigenvalue weighted by molar-refractivity contribution is -0.119. The normalized spacial score (nSPS) is 14.4. The zero-order chi connectivity index (χ0) is 21.5. The maximum atomic E-state index is 12.5. The van der Waals surface area contributed by atoms with E-state index >= 15 is 0 Å².